The lowest BCUT2D eigenvalue weighted by Crippen LogP contribution is -2.29. The predicted octanol–water partition coefficient (Wildman–Crippen LogP) is 0.0901. The molecule has 0 radical (unpaired) electrons. The van der Waals surface area contributed by atoms with E-state index in [-0.39, 0.29) is 0 Å². The highest BCUT2D eigenvalue weighted by Crippen LogP contribution is 2.15. The Kier molecular flexibility index (Phi) is 5.32. The second kappa shape index (κ2) is 6.53. The molecular formula is C11H17BO4. The van der Waals surface area contributed by atoms with Gasteiger partial charge in [0.2, 0.25) is 0 Å². The van der Waals surface area contributed by atoms with Crippen LogP contribution in [-0.2, 0) is 4.74 Å². The molecule has 4 nitrogen and oxygen atoms in total. The molecule has 0 bridgehead atoms. The molecule has 0 fully saturated rings. The van der Waals surface area contributed by atoms with Crippen molar-refractivity contribution < 1.29 is 19.5 Å². The minimum Gasteiger partial charge on any atom is -0.491 e. The molecule has 88 valence electrons. The van der Waals surface area contributed by atoms with Gasteiger partial charge in [-0.05, 0) is 30.9 Å². The molecule has 5 heteroatoms. The standard InChI is InChI=1S/C11H17BO4/c1-3-15-6-7-16-11-5-4-10(12(13)14)8-9(11)2/h4-5,8,13-14H,3,6-7H2,1-2H3. The van der Waals surface area contributed by atoms with Crippen molar-refractivity contribution in [1.82, 2.24) is 0 Å². The molecule has 0 saturated heterocycles. The first-order chi connectivity index (χ1) is 7.65. The zero-order valence-corrected chi connectivity index (χ0v) is 9.64. The quantitative estimate of drug-likeness (QED) is 0.531. The van der Waals surface area contributed by atoms with Crippen molar-refractivity contribution in [2.24, 2.45) is 0 Å². The van der Waals surface area contributed by atoms with E-state index in [0.717, 1.165) is 11.3 Å². The van der Waals surface area contributed by atoms with Crippen molar-refractivity contribution >= 4 is 12.6 Å². The van der Waals surface area contributed by atoms with Crippen LogP contribution in [0.25, 0.3) is 0 Å². The van der Waals surface area contributed by atoms with E-state index < -0.39 is 7.12 Å². The second-order valence-corrected chi connectivity index (χ2v) is 3.44. The van der Waals surface area contributed by atoms with Gasteiger partial charge < -0.3 is 19.5 Å². The number of ether oxygens (including phenoxy) is 2. The van der Waals surface area contributed by atoms with Crippen molar-refractivity contribution in [2.45, 2.75) is 13.8 Å². The summed E-state index contributed by atoms with van der Waals surface area (Å²) in [6.07, 6.45) is 0. The smallest absolute Gasteiger partial charge is 0.488 e. The van der Waals surface area contributed by atoms with Crippen LogP contribution in [0.1, 0.15) is 12.5 Å². The third-order valence-corrected chi connectivity index (χ3v) is 2.19. The third kappa shape index (κ3) is 3.85. The topological polar surface area (TPSA) is 58.9 Å². The summed E-state index contributed by atoms with van der Waals surface area (Å²) in [4.78, 5) is 0. The van der Waals surface area contributed by atoms with Crippen LogP contribution in [-0.4, -0.2) is 37.0 Å². The lowest BCUT2D eigenvalue weighted by Gasteiger charge is -2.10. The van der Waals surface area contributed by atoms with Crippen LogP contribution >= 0.6 is 0 Å². The number of rotatable bonds is 6. The van der Waals surface area contributed by atoms with Gasteiger partial charge in [0.1, 0.15) is 12.4 Å². The third-order valence-electron chi connectivity index (χ3n) is 2.19. The van der Waals surface area contributed by atoms with E-state index in [4.69, 9.17) is 19.5 Å². The normalized spacial score (nSPS) is 10.2. The van der Waals surface area contributed by atoms with E-state index in [1.54, 1.807) is 18.2 Å². The zero-order valence-electron chi connectivity index (χ0n) is 9.64. The maximum absolute atomic E-state index is 8.98. The van der Waals surface area contributed by atoms with Crippen LogP contribution in [0.15, 0.2) is 18.2 Å². The number of hydrogen-bond acceptors (Lipinski definition) is 4. The van der Waals surface area contributed by atoms with E-state index in [9.17, 15) is 0 Å². The average Bonchev–Trinajstić information content (AvgIpc) is 2.26. The molecule has 0 aromatic heterocycles. The first-order valence-corrected chi connectivity index (χ1v) is 5.32. The summed E-state index contributed by atoms with van der Waals surface area (Å²) in [7, 11) is -1.43. The molecule has 0 aliphatic carbocycles. The Morgan fingerprint density at radius 3 is 2.56 bits per heavy atom. The van der Waals surface area contributed by atoms with Gasteiger partial charge in [-0.25, -0.2) is 0 Å². The SMILES string of the molecule is CCOCCOc1ccc(B(O)O)cc1C. The monoisotopic (exact) mass is 224 g/mol. The van der Waals surface area contributed by atoms with E-state index in [0.29, 0.717) is 25.3 Å². The molecule has 0 amide bonds. The molecule has 1 aromatic carbocycles. The first-order valence-electron chi connectivity index (χ1n) is 5.32. The Balaban J connectivity index is 2.54. The molecule has 0 aliphatic heterocycles. The summed E-state index contributed by atoms with van der Waals surface area (Å²) in [6, 6.07) is 5.06. The van der Waals surface area contributed by atoms with Crippen LogP contribution in [0.4, 0.5) is 0 Å². The van der Waals surface area contributed by atoms with E-state index >= 15 is 0 Å². The summed E-state index contributed by atoms with van der Waals surface area (Å²) in [6.45, 7) is 5.53. The Bertz CT molecular complexity index is 328. The molecular weight excluding hydrogens is 207 g/mol. The van der Waals surface area contributed by atoms with Gasteiger partial charge in [-0.3, -0.25) is 0 Å². The Labute approximate surface area is 96.0 Å². The summed E-state index contributed by atoms with van der Waals surface area (Å²) < 4.78 is 10.6. The van der Waals surface area contributed by atoms with Gasteiger partial charge in [0.05, 0.1) is 6.61 Å². The minimum absolute atomic E-state index is 0.467. The average molecular weight is 224 g/mol. The van der Waals surface area contributed by atoms with Gasteiger partial charge in [-0.15, -0.1) is 0 Å². The highest BCUT2D eigenvalue weighted by Gasteiger charge is 2.12. The lowest BCUT2D eigenvalue weighted by molar-refractivity contribution is 0.110. The fraction of sp³-hybridized carbons (Fsp3) is 0.455. The Morgan fingerprint density at radius 1 is 1.25 bits per heavy atom. The number of hydrogen-bond donors (Lipinski definition) is 2. The molecule has 0 atom stereocenters. The Hall–Kier alpha value is -1.04. The maximum Gasteiger partial charge on any atom is 0.488 e. The number of aryl methyl sites for hydroxylation is 1. The van der Waals surface area contributed by atoms with Crippen molar-refractivity contribution in [3.8, 4) is 5.75 Å². The van der Waals surface area contributed by atoms with Gasteiger partial charge in [0.15, 0.2) is 0 Å². The van der Waals surface area contributed by atoms with Gasteiger partial charge in [-0.1, -0.05) is 12.1 Å². The van der Waals surface area contributed by atoms with Crippen LogP contribution < -0.4 is 10.2 Å². The Morgan fingerprint density at radius 2 is 2.00 bits per heavy atom. The molecule has 1 rings (SSSR count). The molecule has 0 unspecified atom stereocenters. The van der Waals surface area contributed by atoms with Crippen LogP contribution in [0.3, 0.4) is 0 Å². The lowest BCUT2D eigenvalue weighted by atomic mass is 9.79. The van der Waals surface area contributed by atoms with E-state index in [1.807, 2.05) is 13.8 Å². The van der Waals surface area contributed by atoms with E-state index in [1.165, 1.54) is 0 Å². The summed E-state index contributed by atoms with van der Waals surface area (Å²) in [5.74, 6) is 0.740. The van der Waals surface area contributed by atoms with Crippen molar-refractivity contribution in [1.29, 1.82) is 0 Å². The van der Waals surface area contributed by atoms with Crippen LogP contribution in [0, 0.1) is 6.92 Å². The fourth-order valence-electron chi connectivity index (χ4n) is 1.35. The molecule has 16 heavy (non-hydrogen) atoms. The molecule has 2 N–H and O–H groups in total. The fourth-order valence-corrected chi connectivity index (χ4v) is 1.35. The summed E-state index contributed by atoms with van der Waals surface area (Å²) in [5, 5.41) is 18.0. The summed E-state index contributed by atoms with van der Waals surface area (Å²) in [5.41, 5.74) is 1.34. The second-order valence-electron chi connectivity index (χ2n) is 3.44. The van der Waals surface area contributed by atoms with Crippen LogP contribution in [0.2, 0.25) is 0 Å². The van der Waals surface area contributed by atoms with Gasteiger partial charge in [0.25, 0.3) is 0 Å². The predicted molar refractivity (Wildman–Crippen MR) is 63.0 cm³/mol. The molecule has 0 aliphatic rings. The van der Waals surface area contributed by atoms with Crippen molar-refractivity contribution in [3.63, 3.8) is 0 Å². The van der Waals surface area contributed by atoms with Crippen LogP contribution in [0.5, 0.6) is 5.75 Å². The maximum atomic E-state index is 8.98. The first kappa shape index (κ1) is 13.0. The molecule has 0 heterocycles. The summed E-state index contributed by atoms with van der Waals surface area (Å²) >= 11 is 0. The van der Waals surface area contributed by atoms with Crippen molar-refractivity contribution in [3.05, 3.63) is 23.8 Å². The minimum atomic E-state index is -1.43. The van der Waals surface area contributed by atoms with Gasteiger partial charge >= 0.3 is 7.12 Å². The largest absolute Gasteiger partial charge is 0.491 e. The highest BCUT2D eigenvalue weighted by atomic mass is 16.5. The zero-order chi connectivity index (χ0) is 12.0. The highest BCUT2D eigenvalue weighted by molar-refractivity contribution is 6.58. The number of benzene rings is 1. The van der Waals surface area contributed by atoms with Gasteiger partial charge in [0, 0.05) is 6.61 Å². The molecule has 0 spiro atoms. The van der Waals surface area contributed by atoms with Crippen molar-refractivity contribution in [2.75, 3.05) is 19.8 Å². The molecule has 1 aromatic rings. The van der Waals surface area contributed by atoms with Gasteiger partial charge in [-0.2, -0.15) is 0 Å². The molecule has 0 saturated carbocycles. The van der Waals surface area contributed by atoms with E-state index in [2.05, 4.69) is 0 Å².